The van der Waals surface area contributed by atoms with Crippen LogP contribution in [0.3, 0.4) is 0 Å². The lowest BCUT2D eigenvalue weighted by Gasteiger charge is -2.33. The molecular weight excluding hydrogens is 416 g/mol. The Morgan fingerprint density at radius 2 is 1.97 bits per heavy atom. The minimum absolute atomic E-state index is 0.00315. The van der Waals surface area contributed by atoms with Crippen molar-refractivity contribution in [1.29, 1.82) is 0 Å². The van der Waals surface area contributed by atoms with E-state index < -0.39 is 6.04 Å². The van der Waals surface area contributed by atoms with Crippen LogP contribution in [-0.4, -0.2) is 50.8 Å². The number of amides is 2. The molecule has 2 unspecified atom stereocenters. The van der Waals surface area contributed by atoms with Crippen molar-refractivity contribution in [2.75, 3.05) is 18.4 Å². The van der Waals surface area contributed by atoms with E-state index in [9.17, 15) is 9.59 Å². The van der Waals surface area contributed by atoms with Gasteiger partial charge in [-0.15, -0.1) is 0 Å². The molecule has 2 fully saturated rings. The number of nitrogens with one attached hydrogen (secondary N) is 2. The molecule has 2 aliphatic heterocycles. The molecule has 5 rings (SSSR count). The van der Waals surface area contributed by atoms with Gasteiger partial charge in [-0.2, -0.15) is 0 Å². The van der Waals surface area contributed by atoms with Crippen molar-refractivity contribution in [3.05, 3.63) is 66.7 Å². The summed E-state index contributed by atoms with van der Waals surface area (Å²) in [5.41, 5.74) is 2.64. The first kappa shape index (κ1) is 21.1. The zero-order valence-electron chi connectivity index (χ0n) is 18.3. The largest absolute Gasteiger partial charge is 0.344 e. The van der Waals surface area contributed by atoms with Crippen molar-refractivity contribution in [1.82, 2.24) is 25.2 Å². The van der Waals surface area contributed by atoms with Crippen LogP contribution >= 0.6 is 0 Å². The first-order chi connectivity index (χ1) is 16.2. The van der Waals surface area contributed by atoms with Crippen molar-refractivity contribution in [2.45, 2.75) is 37.6 Å². The van der Waals surface area contributed by atoms with Gasteiger partial charge >= 0.3 is 0 Å². The molecule has 0 bridgehead atoms. The molecule has 0 radical (unpaired) electrons. The van der Waals surface area contributed by atoms with Crippen molar-refractivity contribution in [3.8, 4) is 11.3 Å². The van der Waals surface area contributed by atoms with Gasteiger partial charge in [0, 0.05) is 55.1 Å². The Labute approximate surface area is 192 Å². The zero-order chi connectivity index (χ0) is 22.6. The summed E-state index contributed by atoms with van der Waals surface area (Å²) in [7, 11) is 0. The number of hydrogen-bond donors (Lipinski definition) is 2. The number of carbonyl (C=O) groups excluding carboxylic acids is 2. The molecule has 0 saturated carbocycles. The number of para-hydroxylation sites is 1. The van der Waals surface area contributed by atoms with Crippen molar-refractivity contribution in [3.63, 3.8) is 0 Å². The molecule has 8 nitrogen and oxygen atoms in total. The number of carbonyl (C=O) groups is 2. The Bertz CT molecular complexity index is 1140. The van der Waals surface area contributed by atoms with Gasteiger partial charge in [-0.3, -0.25) is 14.6 Å². The Hall–Kier alpha value is -3.81. The van der Waals surface area contributed by atoms with Crippen LogP contribution in [0.2, 0.25) is 0 Å². The molecule has 2 amide bonds. The second-order valence-corrected chi connectivity index (χ2v) is 8.51. The van der Waals surface area contributed by atoms with Gasteiger partial charge in [-0.05, 0) is 43.5 Å². The lowest BCUT2D eigenvalue weighted by molar-refractivity contribution is -0.135. The summed E-state index contributed by atoms with van der Waals surface area (Å²) in [6.45, 7) is 1.24. The molecule has 1 aromatic carbocycles. The molecule has 2 aromatic heterocycles. The normalized spacial score (nSPS) is 20.4. The summed E-state index contributed by atoms with van der Waals surface area (Å²) >= 11 is 0. The molecule has 2 aliphatic rings. The highest BCUT2D eigenvalue weighted by Crippen LogP contribution is 2.29. The molecule has 2 saturated heterocycles. The maximum absolute atomic E-state index is 13.0. The van der Waals surface area contributed by atoms with Crippen molar-refractivity contribution < 1.29 is 9.59 Å². The smallest absolute Gasteiger partial charge is 0.245 e. The van der Waals surface area contributed by atoms with Crippen LogP contribution in [0.5, 0.6) is 0 Å². The second-order valence-electron chi connectivity index (χ2n) is 8.51. The number of anilines is 2. The number of rotatable bonds is 5. The Balaban J connectivity index is 1.42. The molecule has 33 heavy (non-hydrogen) atoms. The monoisotopic (exact) mass is 442 g/mol. The molecular formula is C25H26N6O2. The highest BCUT2D eigenvalue weighted by molar-refractivity contribution is 5.90. The van der Waals surface area contributed by atoms with Crippen molar-refractivity contribution in [2.24, 2.45) is 0 Å². The predicted octanol–water partition coefficient (Wildman–Crippen LogP) is 3.27. The molecule has 2 N–H and O–H groups in total. The van der Waals surface area contributed by atoms with E-state index in [1.165, 1.54) is 0 Å². The molecule has 3 aromatic rings. The first-order valence-corrected chi connectivity index (χ1v) is 11.4. The fourth-order valence-electron chi connectivity index (χ4n) is 4.45. The fourth-order valence-corrected chi connectivity index (χ4v) is 4.45. The standard InChI is InChI=1S/C25H26N6O2/c32-23-11-10-20(28-23)25(33)31-13-5-7-18(16-31)24-29-21(17-6-4-12-26-15-17)14-22(30-24)27-19-8-2-1-3-9-19/h1-4,6,8-9,12,14-15,18,20H,5,7,10-11,13,16H2,(H,28,32)(H,27,29,30). The molecule has 4 heterocycles. The van der Waals surface area contributed by atoms with E-state index in [-0.39, 0.29) is 17.7 Å². The quantitative estimate of drug-likeness (QED) is 0.629. The highest BCUT2D eigenvalue weighted by Gasteiger charge is 2.34. The molecule has 168 valence electrons. The number of hydrogen-bond acceptors (Lipinski definition) is 6. The van der Waals surface area contributed by atoms with Gasteiger partial charge in [0.15, 0.2) is 0 Å². The average Bonchev–Trinajstić information content (AvgIpc) is 3.31. The molecule has 8 heteroatoms. The van der Waals surface area contributed by atoms with E-state index in [1.54, 1.807) is 12.4 Å². The predicted molar refractivity (Wildman–Crippen MR) is 125 cm³/mol. The Kier molecular flexibility index (Phi) is 5.97. The topological polar surface area (TPSA) is 100 Å². The maximum atomic E-state index is 13.0. The lowest BCUT2D eigenvalue weighted by atomic mass is 9.96. The van der Waals surface area contributed by atoms with Gasteiger partial charge in [0.05, 0.1) is 5.69 Å². The average molecular weight is 443 g/mol. The van der Waals surface area contributed by atoms with Crippen LogP contribution in [-0.2, 0) is 9.59 Å². The van der Waals surface area contributed by atoms with E-state index in [1.807, 2.05) is 53.4 Å². The molecule has 0 spiro atoms. The van der Waals surface area contributed by atoms with Crippen molar-refractivity contribution >= 4 is 23.3 Å². The molecule has 2 atom stereocenters. The number of likely N-dealkylation sites (tertiary alicyclic amines) is 1. The second kappa shape index (κ2) is 9.36. The minimum Gasteiger partial charge on any atom is -0.344 e. The van der Waals surface area contributed by atoms with Gasteiger partial charge in [0.25, 0.3) is 0 Å². The third-order valence-corrected chi connectivity index (χ3v) is 6.14. The van der Waals surface area contributed by atoms with Crippen LogP contribution in [0.4, 0.5) is 11.5 Å². The summed E-state index contributed by atoms with van der Waals surface area (Å²) < 4.78 is 0. The van der Waals surface area contributed by atoms with Crippen LogP contribution in [0.25, 0.3) is 11.3 Å². The van der Waals surface area contributed by atoms with Crippen LogP contribution in [0, 0.1) is 0 Å². The fraction of sp³-hybridized carbons (Fsp3) is 0.320. The maximum Gasteiger partial charge on any atom is 0.245 e. The summed E-state index contributed by atoms with van der Waals surface area (Å²) in [6, 6.07) is 15.3. The number of nitrogens with zero attached hydrogens (tertiary/aromatic N) is 4. The van der Waals surface area contributed by atoms with E-state index in [0.717, 1.165) is 29.8 Å². The van der Waals surface area contributed by atoms with E-state index >= 15 is 0 Å². The summed E-state index contributed by atoms with van der Waals surface area (Å²) in [5, 5.41) is 6.17. The Morgan fingerprint density at radius 1 is 1.09 bits per heavy atom. The minimum atomic E-state index is -0.408. The SMILES string of the molecule is O=C1CCC(C(=O)N2CCCC(c3nc(Nc4ccccc4)cc(-c4cccnc4)n3)C2)N1. The van der Waals surface area contributed by atoms with Gasteiger partial charge in [-0.1, -0.05) is 18.2 Å². The summed E-state index contributed by atoms with van der Waals surface area (Å²) in [6.07, 6.45) is 6.29. The number of benzene rings is 1. The highest BCUT2D eigenvalue weighted by atomic mass is 16.2. The number of piperidine rings is 1. The number of aromatic nitrogens is 3. The third-order valence-electron chi connectivity index (χ3n) is 6.14. The van der Waals surface area contributed by atoms with Gasteiger partial charge in [0.2, 0.25) is 11.8 Å². The van der Waals surface area contributed by atoms with Gasteiger partial charge in [0.1, 0.15) is 17.7 Å². The van der Waals surface area contributed by atoms with E-state index in [4.69, 9.17) is 9.97 Å². The van der Waals surface area contributed by atoms with E-state index in [0.29, 0.717) is 37.6 Å². The third kappa shape index (κ3) is 4.84. The van der Waals surface area contributed by atoms with Gasteiger partial charge in [-0.25, -0.2) is 9.97 Å². The van der Waals surface area contributed by atoms with Gasteiger partial charge < -0.3 is 15.5 Å². The van der Waals surface area contributed by atoms with Crippen LogP contribution in [0.1, 0.15) is 37.4 Å². The number of pyridine rings is 1. The van der Waals surface area contributed by atoms with E-state index in [2.05, 4.69) is 15.6 Å². The molecule has 0 aliphatic carbocycles. The zero-order valence-corrected chi connectivity index (χ0v) is 18.3. The van der Waals surface area contributed by atoms with Crippen LogP contribution < -0.4 is 10.6 Å². The lowest BCUT2D eigenvalue weighted by Crippen LogP contribution is -2.48. The first-order valence-electron chi connectivity index (χ1n) is 11.4. The summed E-state index contributed by atoms with van der Waals surface area (Å²) in [5.74, 6) is 1.38. The Morgan fingerprint density at radius 3 is 2.73 bits per heavy atom. The summed E-state index contributed by atoms with van der Waals surface area (Å²) in [4.78, 5) is 40.3. The van der Waals surface area contributed by atoms with Crippen LogP contribution in [0.15, 0.2) is 60.9 Å².